The molecule has 4 aromatic rings. The Morgan fingerprint density at radius 2 is 1.68 bits per heavy atom. The number of carboxylic acid groups (broad SMARTS) is 1. The Bertz CT molecular complexity index is 1440. The van der Waals surface area contributed by atoms with E-state index < -0.39 is 12.0 Å². The van der Waals surface area contributed by atoms with Gasteiger partial charge in [0.15, 0.2) is 0 Å². The van der Waals surface area contributed by atoms with Gasteiger partial charge < -0.3 is 10.4 Å². The van der Waals surface area contributed by atoms with Crippen molar-refractivity contribution in [2.45, 2.75) is 25.8 Å². The maximum Gasteiger partial charge on any atom is 0.326 e. The molecule has 0 aliphatic carbocycles. The molecule has 188 valence electrons. The summed E-state index contributed by atoms with van der Waals surface area (Å²) in [4.78, 5) is 25.0. The van der Waals surface area contributed by atoms with Gasteiger partial charge in [-0.05, 0) is 82.5 Å². The van der Waals surface area contributed by atoms with Gasteiger partial charge in [-0.3, -0.25) is 4.79 Å². The summed E-state index contributed by atoms with van der Waals surface area (Å²) in [7, 11) is 0. The first kappa shape index (κ1) is 26.2. The zero-order valence-corrected chi connectivity index (χ0v) is 21.9. The number of carbonyl (C=O) groups is 2. The molecule has 0 fully saturated rings. The van der Waals surface area contributed by atoms with E-state index in [9.17, 15) is 14.7 Å². The summed E-state index contributed by atoms with van der Waals surface area (Å²) in [5, 5.41) is 14.8. The van der Waals surface area contributed by atoms with Crippen LogP contribution in [-0.4, -0.2) is 35.0 Å². The van der Waals surface area contributed by atoms with Crippen molar-refractivity contribution in [3.63, 3.8) is 0 Å². The standard InChI is InChI=1S/C32H31NO3S/c1-22-8-3-6-13-27(22)29-21-24(10-7-9-23-14-16-25-11-4-5-12-26(25)20-23)15-17-28(29)31(34)33-30(32(35)36)18-19-37-2/h3-8,10-17,20-21,30H,9,18-19H2,1-2H3,(H,33,34)(H,35,36)/t30-/m0/s1. The van der Waals surface area contributed by atoms with Gasteiger partial charge in [-0.2, -0.15) is 11.8 Å². The van der Waals surface area contributed by atoms with Crippen molar-refractivity contribution in [3.05, 3.63) is 113 Å². The third kappa shape index (κ3) is 6.69. The maximum atomic E-state index is 13.2. The van der Waals surface area contributed by atoms with Crippen molar-refractivity contribution in [1.82, 2.24) is 5.32 Å². The summed E-state index contributed by atoms with van der Waals surface area (Å²) in [6.45, 7) is 2.01. The first-order valence-electron chi connectivity index (χ1n) is 12.3. The van der Waals surface area contributed by atoms with Gasteiger partial charge in [0.05, 0.1) is 0 Å². The molecular formula is C32H31NO3S. The fourth-order valence-corrected chi connectivity index (χ4v) is 4.86. The van der Waals surface area contributed by atoms with Crippen LogP contribution in [0.1, 0.15) is 33.5 Å². The number of aliphatic carboxylic acids is 1. The molecule has 37 heavy (non-hydrogen) atoms. The quantitative estimate of drug-likeness (QED) is 0.241. The summed E-state index contributed by atoms with van der Waals surface area (Å²) in [5.74, 6) is -0.741. The van der Waals surface area contributed by atoms with Crippen LogP contribution in [0.15, 0.2) is 91.0 Å². The fraction of sp³-hybridized carbons (Fsp3) is 0.188. The molecule has 0 aliphatic rings. The molecule has 2 N–H and O–H groups in total. The summed E-state index contributed by atoms with van der Waals surface area (Å²) in [5.41, 5.74) is 5.47. The van der Waals surface area contributed by atoms with Crippen molar-refractivity contribution in [2.75, 3.05) is 12.0 Å². The lowest BCUT2D eigenvalue weighted by molar-refractivity contribution is -0.139. The largest absolute Gasteiger partial charge is 0.480 e. The Hall–Kier alpha value is -3.83. The Kier molecular flexibility index (Phi) is 8.81. The van der Waals surface area contributed by atoms with Gasteiger partial charge in [-0.25, -0.2) is 4.79 Å². The van der Waals surface area contributed by atoms with Crippen LogP contribution in [0.4, 0.5) is 0 Å². The van der Waals surface area contributed by atoms with Crippen LogP contribution in [0.2, 0.25) is 0 Å². The summed E-state index contributed by atoms with van der Waals surface area (Å²) >= 11 is 1.56. The number of amides is 1. The van der Waals surface area contributed by atoms with E-state index in [1.54, 1.807) is 17.8 Å². The fourth-order valence-electron chi connectivity index (χ4n) is 4.39. The number of rotatable bonds is 10. The van der Waals surface area contributed by atoms with E-state index in [-0.39, 0.29) is 5.91 Å². The van der Waals surface area contributed by atoms with Crippen LogP contribution in [0.3, 0.4) is 0 Å². The normalized spacial score (nSPS) is 12.1. The molecule has 0 heterocycles. The zero-order chi connectivity index (χ0) is 26.2. The highest BCUT2D eigenvalue weighted by Gasteiger charge is 2.22. The number of thioether (sulfide) groups is 1. The van der Waals surface area contributed by atoms with Gasteiger partial charge in [-0.15, -0.1) is 0 Å². The molecule has 1 amide bonds. The summed E-state index contributed by atoms with van der Waals surface area (Å²) in [6.07, 6.45) is 7.28. The molecule has 4 rings (SSSR count). The van der Waals surface area contributed by atoms with Crippen LogP contribution >= 0.6 is 11.8 Å². The molecular weight excluding hydrogens is 478 g/mol. The topological polar surface area (TPSA) is 66.4 Å². The number of hydrogen-bond donors (Lipinski definition) is 2. The first-order chi connectivity index (χ1) is 18.0. The number of aryl methyl sites for hydroxylation is 1. The van der Waals surface area contributed by atoms with Gasteiger partial charge in [0, 0.05) is 5.56 Å². The minimum absolute atomic E-state index is 0.373. The van der Waals surface area contributed by atoms with Crippen molar-refractivity contribution >= 4 is 40.5 Å². The lowest BCUT2D eigenvalue weighted by atomic mass is 9.93. The van der Waals surface area contributed by atoms with E-state index in [1.165, 1.54) is 16.3 Å². The van der Waals surface area contributed by atoms with E-state index in [0.717, 1.165) is 28.7 Å². The van der Waals surface area contributed by atoms with Crippen LogP contribution in [-0.2, 0) is 11.2 Å². The number of nitrogens with one attached hydrogen (secondary N) is 1. The summed E-state index contributed by atoms with van der Waals surface area (Å²) in [6, 6.07) is 27.5. The van der Waals surface area contributed by atoms with Gasteiger partial charge in [0.2, 0.25) is 0 Å². The minimum Gasteiger partial charge on any atom is -0.480 e. The molecule has 0 bridgehead atoms. The first-order valence-corrected chi connectivity index (χ1v) is 13.7. The highest BCUT2D eigenvalue weighted by atomic mass is 32.2. The van der Waals surface area contributed by atoms with E-state index in [2.05, 4.69) is 47.8 Å². The summed E-state index contributed by atoms with van der Waals surface area (Å²) < 4.78 is 0. The molecule has 0 radical (unpaired) electrons. The van der Waals surface area contributed by atoms with E-state index >= 15 is 0 Å². The Labute approximate surface area is 222 Å². The molecule has 0 aliphatic heterocycles. The second kappa shape index (κ2) is 12.4. The monoisotopic (exact) mass is 509 g/mol. The average molecular weight is 510 g/mol. The number of carbonyl (C=O) groups excluding carboxylic acids is 1. The van der Waals surface area contributed by atoms with Crippen molar-refractivity contribution in [3.8, 4) is 11.1 Å². The van der Waals surface area contributed by atoms with Crippen molar-refractivity contribution in [2.24, 2.45) is 0 Å². The minimum atomic E-state index is -1.02. The number of carboxylic acids is 1. The molecule has 0 saturated heterocycles. The lowest BCUT2D eigenvalue weighted by Gasteiger charge is -2.17. The molecule has 1 atom stereocenters. The molecule has 0 spiro atoms. The van der Waals surface area contributed by atoms with Gasteiger partial charge in [-0.1, -0.05) is 84.9 Å². The van der Waals surface area contributed by atoms with Crippen LogP contribution < -0.4 is 5.32 Å². The van der Waals surface area contributed by atoms with Crippen LogP contribution in [0.25, 0.3) is 28.0 Å². The highest BCUT2D eigenvalue weighted by molar-refractivity contribution is 7.98. The Morgan fingerprint density at radius 1 is 0.919 bits per heavy atom. The maximum absolute atomic E-state index is 13.2. The van der Waals surface area contributed by atoms with E-state index in [1.807, 2.05) is 61.7 Å². The third-order valence-electron chi connectivity index (χ3n) is 6.42. The smallest absolute Gasteiger partial charge is 0.326 e. The van der Waals surface area contributed by atoms with Crippen molar-refractivity contribution in [1.29, 1.82) is 0 Å². The van der Waals surface area contributed by atoms with Crippen LogP contribution in [0.5, 0.6) is 0 Å². The highest BCUT2D eigenvalue weighted by Crippen LogP contribution is 2.29. The SMILES string of the molecule is CSCC[C@H](NC(=O)c1ccc(C=CCc2ccc3ccccc3c2)cc1-c1ccccc1C)C(=O)O. The van der Waals surface area contributed by atoms with E-state index in [0.29, 0.717) is 17.7 Å². The van der Waals surface area contributed by atoms with Gasteiger partial charge >= 0.3 is 5.97 Å². The molecule has 0 saturated carbocycles. The molecule has 4 nitrogen and oxygen atoms in total. The van der Waals surface area contributed by atoms with Crippen molar-refractivity contribution < 1.29 is 14.7 Å². The van der Waals surface area contributed by atoms with Gasteiger partial charge in [0.1, 0.15) is 6.04 Å². The predicted octanol–water partition coefficient (Wildman–Crippen LogP) is 7.01. The molecule has 5 heteroatoms. The number of hydrogen-bond acceptors (Lipinski definition) is 3. The third-order valence-corrected chi connectivity index (χ3v) is 7.06. The predicted molar refractivity (Wildman–Crippen MR) is 155 cm³/mol. The Balaban J connectivity index is 1.61. The van der Waals surface area contributed by atoms with Gasteiger partial charge in [0.25, 0.3) is 5.91 Å². The molecule has 0 aromatic heterocycles. The Morgan fingerprint density at radius 3 is 2.43 bits per heavy atom. The average Bonchev–Trinajstić information content (AvgIpc) is 2.91. The number of benzene rings is 4. The molecule has 4 aromatic carbocycles. The number of fused-ring (bicyclic) bond motifs is 1. The zero-order valence-electron chi connectivity index (χ0n) is 21.1. The number of allylic oxidation sites excluding steroid dienone is 1. The second-order valence-electron chi connectivity index (χ2n) is 9.05. The van der Waals surface area contributed by atoms with Crippen LogP contribution in [0, 0.1) is 6.92 Å². The van der Waals surface area contributed by atoms with E-state index in [4.69, 9.17) is 0 Å². The molecule has 0 unspecified atom stereocenters. The second-order valence-corrected chi connectivity index (χ2v) is 10.0. The lowest BCUT2D eigenvalue weighted by Crippen LogP contribution is -2.41.